The number of carbonyl (C=O) groups is 2. The van der Waals surface area contributed by atoms with E-state index in [1.165, 1.54) is 0 Å². The number of aliphatic carboxylic acids is 1. The third-order valence-electron chi connectivity index (χ3n) is 2.97. The monoisotopic (exact) mass is 245 g/mol. The van der Waals surface area contributed by atoms with Crippen molar-refractivity contribution >= 4 is 22.8 Å². The Kier molecular flexibility index (Phi) is 3.46. The zero-order chi connectivity index (χ0) is 13.1. The molecule has 0 aliphatic carbocycles. The van der Waals surface area contributed by atoms with E-state index in [4.69, 9.17) is 5.11 Å². The van der Waals surface area contributed by atoms with Gasteiger partial charge in [-0.25, -0.2) is 0 Å². The van der Waals surface area contributed by atoms with Crippen molar-refractivity contribution in [3.8, 4) is 0 Å². The van der Waals surface area contributed by atoms with Gasteiger partial charge >= 0.3 is 5.97 Å². The van der Waals surface area contributed by atoms with Crippen LogP contribution in [0.15, 0.2) is 30.5 Å². The zero-order valence-corrected chi connectivity index (χ0v) is 10.2. The fraction of sp³-hybridized carbons (Fsp3) is 0.286. The topological polar surface area (TPSA) is 59.3 Å². The Balaban J connectivity index is 2.47. The lowest BCUT2D eigenvalue weighted by molar-refractivity contribution is -0.136. The van der Waals surface area contributed by atoms with Gasteiger partial charge in [-0.15, -0.1) is 0 Å². The number of aromatic nitrogens is 1. The number of carboxylic acid groups (broad SMARTS) is 1. The maximum atomic E-state index is 11.8. The molecule has 0 radical (unpaired) electrons. The molecule has 18 heavy (non-hydrogen) atoms. The second kappa shape index (κ2) is 5.04. The molecule has 0 saturated heterocycles. The molecule has 0 amide bonds. The first-order valence-electron chi connectivity index (χ1n) is 5.97. The van der Waals surface area contributed by atoms with Gasteiger partial charge < -0.3 is 5.11 Å². The van der Waals surface area contributed by atoms with Crippen LogP contribution in [0.4, 0.5) is 0 Å². The van der Waals surface area contributed by atoms with Gasteiger partial charge in [0.25, 0.3) is 0 Å². The molecule has 94 valence electrons. The molecule has 1 aromatic heterocycles. The Morgan fingerprint density at radius 3 is 2.67 bits per heavy atom. The van der Waals surface area contributed by atoms with Crippen molar-refractivity contribution in [2.45, 2.75) is 26.2 Å². The Labute approximate surface area is 105 Å². The minimum Gasteiger partial charge on any atom is -0.481 e. The molecule has 0 aliphatic rings. The van der Waals surface area contributed by atoms with E-state index in [-0.39, 0.29) is 12.3 Å². The van der Waals surface area contributed by atoms with Crippen molar-refractivity contribution in [2.24, 2.45) is 0 Å². The maximum Gasteiger partial charge on any atom is 0.303 e. The zero-order valence-electron chi connectivity index (χ0n) is 10.2. The third-order valence-corrected chi connectivity index (χ3v) is 2.97. The molecular weight excluding hydrogens is 230 g/mol. The van der Waals surface area contributed by atoms with Gasteiger partial charge in [-0.05, 0) is 18.1 Å². The summed E-state index contributed by atoms with van der Waals surface area (Å²) in [5.74, 6) is -0.804. The summed E-state index contributed by atoms with van der Waals surface area (Å²) in [5, 5.41) is 9.69. The van der Waals surface area contributed by atoms with E-state index in [9.17, 15) is 9.59 Å². The minimum absolute atomic E-state index is 0.0211. The summed E-state index contributed by atoms with van der Waals surface area (Å²) in [6.07, 6.45) is 2.71. The molecule has 1 aromatic carbocycles. The molecule has 0 aliphatic heterocycles. The number of carbonyl (C=O) groups excluding carboxylic acids is 1. The van der Waals surface area contributed by atoms with E-state index >= 15 is 0 Å². The summed E-state index contributed by atoms with van der Waals surface area (Å²) in [7, 11) is 0. The maximum absolute atomic E-state index is 11.8. The number of nitrogens with zero attached hydrogens (tertiary/aromatic N) is 1. The van der Waals surface area contributed by atoms with Crippen molar-refractivity contribution < 1.29 is 14.7 Å². The SMILES string of the molecule is CCC(=O)n1cc(CCC(=O)O)c2ccccc21. The molecule has 0 unspecified atom stereocenters. The second-order valence-corrected chi connectivity index (χ2v) is 4.18. The highest BCUT2D eigenvalue weighted by molar-refractivity contribution is 5.94. The van der Waals surface area contributed by atoms with Crippen molar-refractivity contribution in [1.29, 1.82) is 0 Å². The highest BCUT2D eigenvalue weighted by Gasteiger charge is 2.12. The van der Waals surface area contributed by atoms with Crippen LogP contribution in [0.3, 0.4) is 0 Å². The molecule has 0 saturated carbocycles. The average molecular weight is 245 g/mol. The fourth-order valence-corrected chi connectivity index (χ4v) is 2.07. The van der Waals surface area contributed by atoms with E-state index in [0.29, 0.717) is 12.8 Å². The molecule has 1 N–H and O–H groups in total. The van der Waals surface area contributed by atoms with E-state index in [2.05, 4.69) is 0 Å². The third kappa shape index (κ3) is 2.27. The van der Waals surface area contributed by atoms with Gasteiger partial charge in [-0.1, -0.05) is 25.1 Å². The number of benzene rings is 1. The summed E-state index contributed by atoms with van der Waals surface area (Å²) < 4.78 is 1.62. The van der Waals surface area contributed by atoms with E-state index in [1.807, 2.05) is 31.2 Å². The van der Waals surface area contributed by atoms with E-state index < -0.39 is 5.97 Å². The van der Waals surface area contributed by atoms with Crippen LogP contribution in [-0.2, 0) is 11.2 Å². The lowest BCUT2D eigenvalue weighted by Gasteiger charge is -1.99. The van der Waals surface area contributed by atoms with Crippen LogP contribution in [-0.4, -0.2) is 21.6 Å². The number of carboxylic acids is 1. The number of hydrogen-bond acceptors (Lipinski definition) is 2. The Hall–Kier alpha value is -2.10. The normalized spacial score (nSPS) is 10.7. The number of hydrogen-bond donors (Lipinski definition) is 1. The van der Waals surface area contributed by atoms with Gasteiger partial charge in [0.2, 0.25) is 5.91 Å². The number of aryl methyl sites for hydroxylation is 1. The van der Waals surface area contributed by atoms with Crippen LogP contribution in [0.2, 0.25) is 0 Å². The van der Waals surface area contributed by atoms with Crippen LogP contribution in [0.1, 0.15) is 30.1 Å². The number of fused-ring (bicyclic) bond motifs is 1. The van der Waals surface area contributed by atoms with Crippen molar-refractivity contribution in [3.63, 3.8) is 0 Å². The Bertz CT molecular complexity index is 598. The molecule has 0 bridgehead atoms. The van der Waals surface area contributed by atoms with Crippen LogP contribution < -0.4 is 0 Å². The van der Waals surface area contributed by atoms with Gasteiger partial charge in [0.15, 0.2) is 0 Å². The van der Waals surface area contributed by atoms with Gasteiger partial charge in [-0.3, -0.25) is 14.2 Å². The molecular formula is C14H15NO3. The van der Waals surface area contributed by atoms with Crippen molar-refractivity contribution in [3.05, 3.63) is 36.0 Å². The number of para-hydroxylation sites is 1. The largest absolute Gasteiger partial charge is 0.481 e. The van der Waals surface area contributed by atoms with Gasteiger partial charge in [-0.2, -0.15) is 0 Å². The summed E-state index contributed by atoms with van der Waals surface area (Å²) >= 11 is 0. The van der Waals surface area contributed by atoms with Crippen LogP contribution >= 0.6 is 0 Å². The summed E-state index contributed by atoms with van der Waals surface area (Å²) in [4.78, 5) is 22.5. The fourth-order valence-electron chi connectivity index (χ4n) is 2.07. The van der Waals surface area contributed by atoms with Crippen LogP contribution in [0, 0.1) is 0 Å². The lowest BCUT2D eigenvalue weighted by atomic mass is 10.1. The molecule has 4 heteroatoms. The Morgan fingerprint density at radius 1 is 1.28 bits per heavy atom. The average Bonchev–Trinajstić information content (AvgIpc) is 2.74. The quantitative estimate of drug-likeness (QED) is 0.900. The first kappa shape index (κ1) is 12.4. The predicted molar refractivity (Wildman–Crippen MR) is 68.8 cm³/mol. The molecule has 0 atom stereocenters. The van der Waals surface area contributed by atoms with Gasteiger partial charge in [0.05, 0.1) is 5.52 Å². The summed E-state index contributed by atoms with van der Waals surface area (Å²) in [5.41, 5.74) is 1.76. The molecule has 1 heterocycles. The Morgan fingerprint density at radius 2 is 2.00 bits per heavy atom. The van der Waals surface area contributed by atoms with E-state index in [1.54, 1.807) is 10.8 Å². The van der Waals surface area contributed by atoms with E-state index in [0.717, 1.165) is 16.5 Å². The predicted octanol–water partition coefficient (Wildman–Crippen LogP) is 2.71. The smallest absolute Gasteiger partial charge is 0.303 e. The molecule has 0 spiro atoms. The van der Waals surface area contributed by atoms with Crippen molar-refractivity contribution in [1.82, 2.24) is 4.57 Å². The highest BCUT2D eigenvalue weighted by Crippen LogP contribution is 2.22. The number of rotatable bonds is 4. The van der Waals surface area contributed by atoms with Gasteiger partial charge in [0, 0.05) is 24.4 Å². The first-order valence-corrected chi connectivity index (χ1v) is 5.97. The molecule has 2 rings (SSSR count). The molecule has 0 fully saturated rings. The first-order chi connectivity index (χ1) is 8.63. The van der Waals surface area contributed by atoms with Crippen LogP contribution in [0.25, 0.3) is 10.9 Å². The second-order valence-electron chi connectivity index (χ2n) is 4.18. The molecule has 2 aromatic rings. The molecule has 4 nitrogen and oxygen atoms in total. The van der Waals surface area contributed by atoms with Gasteiger partial charge in [0.1, 0.15) is 0 Å². The standard InChI is InChI=1S/C14H15NO3/c1-2-13(16)15-9-10(7-8-14(17)18)11-5-3-4-6-12(11)15/h3-6,9H,2,7-8H2,1H3,(H,17,18). The lowest BCUT2D eigenvalue weighted by Crippen LogP contribution is -2.06. The highest BCUT2D eigenvalue weighted by atomic mass is 16.4. The van der Waals surface area contributed by atoms with Crippen molar-refractivity contribution in [2.75, 3.05) is 0 Å². The minimum atomic E-state index is -0.825. The van der Waals surface area contributed by atoms with Crippen LogP contribution in [0.5, 0.6) is 0 Å². The summed E-state index contributed by atoms with van der Waals surface area (Å²) in [6.45, 7) is 1.81. The summed E-state index contributed by atoms with van der Waals surface area (Å²) in [6, 6.07) is 7.58.